The number of hydrogen-bond donors (Lipinski definition) is 4. The van der Waals surface area contributed by atoms with E-state index in [1.165, 1.54) is 139 Å². The summed E-state index contributed by atoms with van der Waals surface area (Å²) >= 11 is 21.9. The molecular weight excluding hydrogens is 1220 g/mol. The number of aliphatic hydroxyl groups excluding tert-OH is 1. The minimum atomic E-state index is -1.51. The van der Waals surface area contributed by atoms with Crippen molar-refractivity contribution in [2.45, 2.75) is 0 Å². The van der Waals surface area contributed by atoms with Gasteiger partial charge in [-0.15, -0.1) is 0 Å². The zero-order valence-corrected chi connectivity index (χ0v) is 48.5. The number of rotatable bonds is 8. The third-order valence-electron chi connectivity index (χ3n) is 10.9. The van der Waals surface area contributed by atoms with E-state index in [0.29, 0.717) is 56.3 Å². The number of nitrogens with one attached hydrogen (secondary N) is 1. The summed E-state index contributed by atoms with van der Waals surface area (Å²) in [6.45, 7) is 0.507. The number of allylic oxidation sites excluding steroid dienone is 5. The van der Waals surface area contributed by atoms with E-state index >= 15 is 0 Å². The number of Topliss-reactive ketones (excluding diaryl/α,β-unsaturated/α-hetero) is 5. The summed E-state index contributed by atoms with van der Waals surface area (Å²) in [4.78, 5) is 85.8. The molecule has 0 fully saturated rings. The van der Waals surface area contributed by atoms with E-state index < -0.39 is 12.7 Å². The number of ether oxygens (including phenoxy) is 4. The topological polar surface area (TPSA) is 291 Å². The van der Waals surface area contributed by atoms with Crippen LogP contribution in [0.1, 0.15) is 16.7 Å². The van der Waals surface area contributed by atoms with Gasteiger partial charge < -0.3 is 34.1 Å². The molecule has 0 saturated carbocycles. The molecule has 0 saturated heterocycles. The summed E-state index contributed by atoms with van der Waals surface area (Å²) in [5.74, 6) is -0.958. The predicted molar refractivity (Wildman–Crippen MR) is 319 cm³/mol. The summed E-state index contributed by atoms with van der Waals surface area (Å²) in [5.41, 5.74) is 2.74. The molecule has 29 heteroatoms. The zero-order chi connectivity index (χ0) is 63.5. The lowest BCUT2D eigenvalue weighted by Gasteiger charge is -2.13. The molecule has 86 heavy (non-hydrogen) atoms. The molecule has 1 aromatic heterocycles. The molecular formula is C57H48BCl4F4N7O13. The van der Waals surface area contributed by atoms with Crippen LogP contribution in [0.3, 0.4) is 0 Å². The van der Waals surface area contributed by atoms with Crippen molar-refractivity contribution >= 4 is 136 Å². The SMILES string of the molecule is COC1=C(Cl)C(=O)CN=C1.COC1=C(Cl)C(=O)CN=C1.COC1=C(c2ccc(F)cc2)C(=O)CN=C1.COC1=C(c2ccc(F)cc2)C(=O)CN=C1.O=C1CN=CC(O)=C1c1ccc(F)cc1.O=c1[nH]ncc(Cl)c1Cl.OB(O)c1ccc(F)cc1. The second kappa shape index (κ2) is 35.3. The van der Waals surface area contributed by atoms with Crippen LogP contribution in [0.25, 0.3) is 16.7 Å². The fourth-order valence-corrected chi connectivity index (χ4v) is 7.39. The Hall–Kier alpha value is -8.98. The maximum Gasteiger partial charge on any atom is 0.488 e. The van der Waals surface area contributed by atoms with Crippen molar-refractivity contribution in [2.24, 2.45) is 25.0 Å². The van der Waals surface area contributed by atoms with Crippen LogP contribution in [0.15, 0.2) is 172 Å². The maximum atomic E-state index is 12.8. The number of aliphatic hydroxyl groups is 1. The number of methoxy groups -OCH3 is 4. The van der Waals surface area contributed by atoms with Gasteiger partial charge in [-0.1, -0.05) is 94.9 Å². The van der Waals surface area contributed by atoms with Crippen molar-refractivity contribution in [2.75, 3.05) is 61.2 Å². The van der Waals surface area contributed by atoms with Gasteiger partial charge in [0.25, 0.3) is 5.56 Å². The number of dihydropyridines is 5. The first-order valence-electron chi connectivity index (χ1n) is 24.4. The monoisotopic (exact) mass is 1270 g/mol. The third kappa shape index (κ3) is 21.3. The zero-order valence-electron chi connectivity index (χ0n) is 45.4. The average Bonchev–Trinajstić information content (AvgIpc) is 3.66. The van der Waals surface area contributed by atoms with Gasteiger partial charge in [-0.05, 0) is 70.7 Å². The van der Waals surface area contributed by atoms with Crippen molar-refractivity contribution in [1.82, 2.24) is 10.2 Å². The average molecular weight is 1270 g/mol. The second-order valence-corrected chi connectivity index (χ2v) is 18.2. The molecule has 0 spiro atoms. The summed E-state index contributed by atoms with van der Waals surface area (Å²) in [6.07, 6.45) is 8.43. The molecule has 448 valence electrons. The van der Waals surface area contributed by atoms with Crippen LogP contribution < -0.4 is 11.0 Å². The molecule has 4 N–H and O–H groups in total. The Morgan fingerprint density at radius 3 is 1.05 bits per heavy atom. The van der Waals surface area contributed by atoms with Crippen LogP contribution in [0.2, 0.25) is 10.0 Å². The van der Waals surface area contributed by atoms with Gasteiger partial charge in [0.15, 0.2) is 40.4 Å². The lowest BCUT2D eigenvalue weighted by Crippen LogP contribution is -2.29. The lowest BCUT2D eigenvalue weighted by atomic mass is 9.80. The normalized spacial score (nSPS) is 14.8. The Labute approximate surface area is 507 Å². The summed E-state index contributed by atoms with van der Waals surface area (Å²) in [6, 6.07) is 21.9. The van der Waals surface area contributed by atoms with E-state index in [2.05, 4.69) is 35.2 Å². The van der Waals surface area contributed by atoms with Crippen molar-refractivity contribution in [1.29, 1.82) is 0 Å². The van der Waals surface area contributed by atoms with Crippen LogP contribution in [0.5, 0.6) is 0 Å². The van der Waals surface area contributed by atoms with E-state index in [1.54, 1.807) is 24.3 Å². The number of aliphatic imine (C=N–C) groups is 5. The summed E-state index contributed by atoms with van der Waals surface area (Å²) in [7, 11) is 4.33. The van der Waals surface area contributed by atoms with Crippen molar-refractivity contribution in [3.05, 3.63) is 202 Å². The molecule has 0 aliphatic carbocycles. The number of aromatic amines is 1. The first-order chi connectivity index (χ1) is 41.0. The van der Waals surface area contributed by atoms with Gasteiger partial charge in [-0.25, -0.2) is 22.7 Å². The van der Waals surface area contributed by atoms with Crippen LogP contribution in [0, 0.1) is 23.3 Å². The molecule has 0 unspecified atom stereocenters. The molecule has 0 atom stereocenters. The molecule has 5 aliphatic rings. The third-order valence-corrected chi connectivity index (χ3v) is 12.5. The highest BCUT2D eigenvalue weighted by Crippen LogP contribution is 2.25. The van der Waals surface area contributed by atoms with Gasteiger partial charge in [0.2, 0.25) is 0 Å². The standard InChI is InChI=1S/2C12H10FNO2.C11H8FNO2.C6H6BFO2.2C6H6ClNO2.C4H2Cl2N2O/c2*1-16-11-7-14-6-10(15)12(11)8-2-4-9(13)5-3-8;12-8-3-1-7(2-4-8)11-9(14)5-13-6-10(11)15;8-6-3-1-5(2-4-6)7(9)10;2*1-10-5-3-8-2-4(9)6(5)7;5-2-1-7-8-4(9)3(2)6/h2*2-5,7H,6H2,1H3;1-5,14H,6H2;1-4,9-10H;2*3H,2H2,1H3;1H,(H,8,9). The Morgan fingerprint density at radius 1 is 0.442 bits per heavy atom. The van der Waals surface area contributed by atoms with E-state index in [1.807, 2.05) is 0 Å². The molecule has 20 nitrogen and oxygen atoms in total. The number of nitrogens with zero attached hydrogens (tertiary/aromatic N) is 6. The minimum Gasteiger partial charge on any atom is -0.506 e. The van der Waals surface area contributed by atoms with E-state index in [9.17, 15) is 51.4 Å². The Balaban J connectivity index is 0.000000218. The van der Waals surface area contributed by atoms with Gasteiger partial charge in [-0.3, -0.25) is 53.7 Å². The van der Waals surface area contributed by atoms with E-state index in [0.717, 1.165) is 0 Å². The fourth-order valence-electron chi connectivity index (χ4n) is 6.79. The number of halogens is 8. The lowest BCUT2D eigenvalue weighted by molar-refractivity contribution is -0.114. The van der Waals surface area contributed by atoms with Crippen molar-refractivity contribution < 1.29 is 75.6 Å². The number of ketones is 5. The highest BCUT2D eigenvalue weighted by molar-refractivity contribution is 6.58. The van der Waals surface area contributed by atoms with E-state index in [4.69, 9.17) is 75.4 Å². The highest BCUT2D eigenvalue weighted by Gasteiger charge is 2.23. The van der Waals surface area contributed by atoms with Crippen molar-refractivity contribution in [3.63, 3.8) is 0 Å². The van der Waals surface area contributed by atoms with Crippen LogP contribution in [0.4, 0.5) is 17.6 Å². The van der Waals surface area contributed by atoms with Gasteiger partial charge >= 0.3 is 7.12 Å². The number of carbonyl (C=O) groups is 5. The molecule has 0 amide bonds. The molecule has 6 heterocycles. The van der Waals surface area contributed by atoms with Crippen LogP contribution in [-0.2, 0) is 42.9 Å². The van der Waals surface area contributed by atoms with Crippen molar-refractivity contribution in [3.8, 4) is 0 Å². The van der Waals surface area contributed by atoms with E-state index in [-0.39, 0.29) is 116 Å². The van der Waals surface area contributed by atoms with Gasteiger partial charge in [0.1, 0.15) is 88.4 Å². The van der Waals surface area contributed by atoms with Gasteiger partial charge in [-0.2, -0.15) is 5.10 Å². The van der Waals surface area contributed by atoms with Gasteiger partial charge in [0.05, 0.1) is 87.5 Å². The quantitative estimate of drug-likeness (QED) is 0.0866. The number of carbonyl (C=O) groups excluding carboxylic acids is 5. The smallest absolute Gasteiger partial charge is 0.488 e. The Morgan fingerprint density at radius 2 is 0.744 bits per heavy atom. The van der Waals surface area contributed by atoms with Crippen LogP contribution >= 0.6 is 46.4 Å². The second-order valence-electron chi connectivity index (χ2n) is 16.7. The fraction of sp³-hybridized carbons (Fsp3) is 0.158. The first kappa shape index (κ1) is 69.5. The molecule has 5 aliphatic heterocycles. The number of H-pyrrole nitrogens is 1. The number of aromatic nitrogens is 2. The molecule has 5 aromatic rings. The largest absolute Gasteiger partial charge is 0.506 e. The summed E-state index contributed by atoms with van der Waals surface area (Å²) < 4.78 is 70.0. The predicted octanol–water partition coefficient (Wildman–Crippen LogP) is 7.48. The number of hydrogen-bond acceptors (Lipinski definition) is 19. The van der Waals surface area contributed by atoms with Gasteiger partial charge in [0, 0.05) is 0 Å². The Bertz CT molecular complexity index is 3510. The highest BCUT2D eigenvalue weighted by atomic mass is 35.5. The maximum absolute atomic E-state index is 12.8. The van der Waals surface area contributed by atoms with Crippen LogP contribution in [-0.4, -0.2) is 154 Å². The summed E-state index contributed by atoms with van der Waals surface area (Å²) in [5, 5.41) is 32.5. The molecule has 10 rings (SSSR count). The Kier molecular flexibility index (Phi) is 28.6. The number of benzene rings is 4. The molecule has 0 radical (unpaired) electrons. The first-order valence-corrected chi connectivity index (χ1v) is 25.9. The molecule has 0 bridgehead atoms. The minimum absolute atomic E-state index is 0.0216. The molecule has 4 aromatic carbocycles.